The highest BCUT2D eigenvalue weighted by atomic mass is 32.1. The highest BCUT2D eigenvalue weighted by molar-refractivity contribution is 7.15. The van der Waals surface area contributed by atoms with Crippen LogP contribution in [-0.2, 0) is 13.0 Å². The third-order valence-corrected chi connectivity index (χ3v) is 5.91. The predicted molar refractivity (Wildman–Crippen MR) is 98.2 cm³/mol. The van der Waals surface area contributed by atoms with E-state index in [1.165, 1.54) is 41.9 Å². The maximum atomic E-state index is 11.9. The van der Waals surface area contributed by atoms with E-state index in [0.29, 0.717) is 6.04 Å². The average Bonchev–Trinajstić information content (AvgIpc) is 3.03. The normalized spacial score (nSPS) is 15.9. The van der Waals surface area contributed by atoms with Crippen LogP contribution in [0.1, 0.15) is 55.2 Å². The Balaban J connectivity index is 1.72. The zero-order valence-corrected chi connectivity index (χ0v) is 14.9. The first-order valence-electron chi connectivity index (χ1n) is 8.72. The van der Waals surface area contributed by atoms with Crippen LogP contribution in [0.4, 0.5) is 0 Å². The molecule has 2 heterocycles. The van der Waals surface area contributed by atoms with Crippen LogP contribution in [0.3, 0.4) is 0 Å². The number of aromatic nitrogens is 1. The van der Waals surface area contributed by atoms with Gasteiger partial charge in [-0.1, -0.05) is 26.2 Å². The van der Waals surface area contributed by atoms with Crippen LogP contribution >= 0.6 is 11.3 Å². The molecule has 2 aromatic heterocycles. The third kappa shape index (κ3) is 3.93. The topological polar surface area (TPSA) is 44.9 Å². The van der Waals surface area contributed by atoms with Crippen LogP contribution in [0.5, 0.6) is 0 Å². The van der Waals surface area contributed by atoms with Crippen molar-refractivity contribution in [1.82, 2.24) is 10.3 Å². The van der Waals surface area contributed by atoms with Crippen molar-refractivity contribution in [1.29, 1.82) is 0 Å². The molecule has 1 aliphatic carbocycles. The van der Waals surface area contributed by atoms with E-state index in [1.807, 2.05) is 25.2 Å². The molecule has 3 nitrogen and oxygen atoms in total. The van der Waals surface area contributed by atoms with Crippen LogP contribution in [0.25, 0.3) is 10.4 Å². The number of hydrogen-bond donors (Lipinski definition) is 2. The Labute approximate surface area is 142 Å². The van der Waals surface area contributed by atoms with Gasteiger partial charge in [-0.05, 0) is 44.4 Å². The summed E-state index contributed by atoms with van der Waals surface area (Å²) in [6.45, 7) is 4.96. The van der Waals surface area contributed by atoms with Gasteiger partial charge < -0.3 is 10.3 Å². The van der Waals surface area contributed by atoms with Gasteiger partial charge in [0.2, 0.25) is 0 Å². The number of aryl methyl sites for hydroxylation is 2. The minimum Gasteiger partial charge on any atom is -0.326 e. The molecule has 3 rings (SSSR count). The molecule has 0 bridgehead atoms. The number of rotatable bonds is 5. The molecule has 124 valence electrons. The summed E-state index contributed by atoms with van der Waals surface area (Å²) in [5.74, 6) is 0. The monoisotopic (exact) mass is 330 g/mol. The van der Waals surface area contributed by atoms with Gasteiger partial charge in [0.25, 0.3) is 5.56 Å². The van der Waals surface area contributed by atoms with Gasteiger partial charge in [0.05, 0.1) is 0 Å². The predicted octanol–water partition coefficient (Wildman–Crippen LogP) is 4.40. The van der Waals surface area contributed by atoms with Gasteiger partial charge in [0, 0.05) is 39.2 Å². The molecule has 2 N–H and O–H groups in total. The maximum absolute atomic E-state index is 11.9. The van der Waals surface area contributed by atoms with E-state index in [2.05, 4.69) is 28.5 Å². The molecule has 0 radical (unpaired) electrons. The van der Waals surface area contributed by atoms with Gasteiger partial charge in [-0.2, -0.15) is 0 Å². The van der Waals surface area contributed by atoms with E-state index >= 15 is 0 Å². The summed E-state index contributed by atoms with van der Waals surface area (Å²) >= 11 is 1.83. The van der Waals surface area contributed by atoms with E-state index in [-0.39, 0.29) is 5.56 Å². The first kappa shape index (κ1) is 16.5. The summed E-state index contributed by atoms with van der Waals surface area (Å²) in [4.78, 5) is 17.5. The van der Waals surface area contributed by atoms with Crippen LogP contribution < -0.4 is 10.9 Å². The second kappa shape index (κ2) is 7.45. The zero-order chi connectivity index (χ0) is 16.2. The van der Waals surface area contributed by atoms with Gasteiger partial charge in [-0.15, -0.1) is 11.3 Å². The lowest BCUT2D eigenvalue weighted by Gasteiger charge is -2.22. The molecule has 4 heteroatoms. The van der Waals surface area contributed by atoms with Crippen LogP contribution in [0.15, 0.2) is 23.0 Å². The zero-order valence-electron chi connectivity index (χ0n) is 14.1. The molecule has 0 aromatic carbocycles. The van der Waals surface area contributed by atoms with Crippen LogP contribution in [0.2, 0.25) is 0 Å². The van der Waals surface area contributed by atoms with Crippen molar-refractivity contribution in [3.63, 3.8) is 0 Å². The summed E-state index contributed by atoms with van der Waals surface area (Å²) in [6, 6.07) is 7.14. The van der Waals surface area contributed by atoms with Crippen molar-refractivity contribution in [2.45, 2.75) is 65.0 Å². The number of hydrogen-bond acceptors (Lipinski definition) is 3. The Hall–Kier alpha value is -1.39. The molecule has 0 atom stereocenters. The lowest BCUT2D eigenvalue weighted by molar-refractivity contribution is 0.373. The highest BCUT2D eigenvalue weighted by Crippen LogP contribution is 2.30. The van der Waals surface area contributed by atoms with Crippen LogP contribution in [0, 0.1) is 6.92 Å². The van der Waals surface area contributed by atoms with Crippen molar-refractivity contribution in [3.05, 3.63) is 44.7 Å². The lowest BCUT2D eigenvalue weighted by Crippen LogP contribution is -2.30. The summed E-state index contributed by atoms with van der Waals surface area (Å²) in [7, 11) is 0. The van der Waals surface area contributed by atoms with E-state index in [1.54, 1.807) is 0 Å². The number of H-pyrrole nitrogens is 1. The average molecular weight is 330 g/mol. The molecule has 0 saturated heterocycles. The minimum atomic E-state index is 0.0458. The number of aromatic amines is 1. The highest BCUT2D eigenvalue weighted by Gasteiger charge is 2.14. The fourth-order valence-corrected chi connectivity index (χ4v) is 4.39. The van der Waals surface area contributed by atoms with Gasteiger partial charge in [-0.25, -0.2) is 0 Å². The third-order valence-electron chi connectivity index (χ3n) is 4.79. The molecular formula is C19H26N2OS. The molecule has 1 saturated carbocycles. The fourth-order valence-electron chi connectivity index (χ4n) is 3.35. The quantitative estimate of drug-likeness (QED) is 0.853. The van der Waals surface area contributed by atoms with Crippen LogP contribution in [-0.4, -0.2) is 11.0 Å². The molecular weight excluding hydrogens is 304 g/mol. The van der Waals surface area contributed by atoms with Crippen molar-refractivity contribution in [3.8, 4) is 10.4 Å². The van der Waals surface area contributed by atoms with E-state index in [0.717, 1.165) is 29.8 Å². The molecule has 0 amide bonds. The smallest absolute Gasteiger partial charge is 0.251 e. The first-order valence-corrected chi connectivity index (χ1v) is 9.54. The molecule has 0 aliphatic heterocycles. The number of nitrogens with one attached hydrogen (secondary N) is 2. The Bertz CT molecular complexity index is 710. The summed E-state index contributed by atoms with van der Waals surface area (Å²) in [5, 5.41) is 3.70. The van der Waals surface area contributed by atoms with Crippen molar-refractivity contribution < 1.29 is 0 Å². The van der Waals surface area contributed by atoms with Gasteiger partial charge >= 0.3 is 0 Å². The molecule has 0 unspecified atom stereocenters. The first-order chi connectivity index (χ1) is 11.2. The summed E-state index contributed by atoms with van der Waals surface area (Å²) < 4.78 is 0. The minimum absolute atomic E-state index is 0.0458. The molecule has 2 aromatic rings. The van der Waals surface area contributed by atoms with Crippen molar-refractivity contribution in [2.24, 2.45) is 0 Å². The standard InChI is InChI=1S/C19H26N2OS/c1-3-14-11-17(13(2)21-19(14)22)18-10-9-16(23-18)12-20-15-7-5-4-6-8-15/h9-11,15,20H,3-8,12H2,1-2H3,(H,21,22). The maximum Gasteiger partial charge on any atom is 0.251 e. The van der Waals surface area contributed by atoms with E-state index < -0.39 is 0 Å². The largest absolute Gasteiger partial charge is 0.326 e. The fraction of sp³-hybridized carbons (Fsp3) is 0.526. The molecule has 23 heavy (non-hydrogen) atoms. The summed E-state index contributed by atoms with van der Waals surface area (Å²) in [6.07, 6.45) is 7.53. The Kier molecular flexibility index (Phi) is 5.34. The van der Waals surface area contributed by atoms with E-state index in [9.17, 15) is 4.79 Å². The molecule has 1 aliphatic rings. The van der Waals surface area contributed by atoms with Crippen molar-refractivity contribution in [2.75, 3.05) is 0 Å². The summed E-state index contributed by atoms with van der Waals surface area (Å²) in [5.41, 5.74) is 3.03. The number of thiophene rings is 1. The lowest BCUT2D eigenvalue weighted by atomic mass is 9.95. The molecule has 1 fully saturated rings. The second-order valence-electron chi connectivity index (χ2n) is 6.50. The van der Waals surface area contributed by atoms with Crippen molar-refractivity contribution >= 4 is 11.3 Å². The van der Waals surface area contributed by atoms with Gasteiger partial charge in [-0.3, -0.25) is 4.79 Å². The number of pyridine rings is 1. The SMILES string of the molecule is CCc1cc(-c2ccc(CNC3CCCCC3)s2)c(C)[nH]c1=O. The second-order valence-corrected chi connectivity index (χ2v) is 7.67. The van der Waals surface area contributed by atoms with E-state index in [4.69, 9.17) is 0 Å². The van der Waals surface area contributed by atoms with Gasteiger partial charge in [0.1, 0.15) is 0 Å². The Morgan fingerprint density at radius 3 is 2.78 bits per heavy atom. The molecule has 0 spiro atoms. The Morgan fingerprint density at radius 2 is 2.04 bits per heavy atom. The Morgan fingerprint density at radius 1 is 1.26 bits per heavy atom. The van der Waals surface area contributed by atoms with Gasteiger partial charge in [0.15, 0.2) is 0 Å².